The average Bonchev–Trinajstić information content (AvgIpc) is 2.21. The fraction of sp³-hybridized carbons (Fsp3) is 1.00. The molecule has 0 N–H and O–H groups in total. The third-order valence-corrected chi connectivity index (χ3v) is 3.24. The molecule has 0 aromatic heterocycles. The molecule has 0 aromatic rings. The van der Waals surface area contributed by atoms with Crippen LogP contribution in [-0.4, -0.2) is 19.8 Å². The first-order valence-electron chi connectivity index (χ1n) is 5.51. The van der Waals surface area contributed by atoms with Crippen LogP contribution in [0.1, 0.15) is 39.5 Å². The third-order valence-electron chi connectivity index (χ3n) is 2.12. The van der Waals surface area contributed by atoms with E-state index in [1.54, 1.807) is 0 Å². The Morgan fingerprint density at radius 2 is 1.93 bits per heavy atom. The summed E-state index contributed by atoms with van der Waals surface area (Å²) in [4.78, 5) is 0. The minimum atomic E-state index is -1.02. The molecule has 84 valence electrons. The molecular formula is C10H21O3P. The Balaban J connectivity index is 1.91. The molecule has 0 bridgehead atoms. The van der Waals surface area contributed by atoms with Gasteiger partial charge >= 0.3 is 8.60 Å². The van der Waals surface area contributed by atoms with Gasteiger partial charge in [-0.3, -0.25) is 0 Å². The fourth-order valence-electron chi connectivity index (χ4n) is 1.20. The molecule has 1 heterocycles. The normalized spacial score (nSPS) is 27.9. The standard InChI is InChI=1S/C10H21O3P/c1-3-4-5-6-7-11-14-12-8-10(2)9-13-14/h10H,3-9H2,1-2H3. The summed E-state index contributed by atoms with van der Waals surface area (Å²) in [7, 11) is -1.02. The minimum absolute atomic E-state index is 0.512. The zero-order chi connectivity index (χ0) is 10.2. The van der Waals surface area contributed by atoms with Crippen molar-refractivity contribution in [2.24, 2.45) is 5.92 Å². The first-order valence-corrected chi connectivity index (χ1v) is 6.61. The second-order valence-corrected chi connectivity index (χ2v) is 5.04. The predicted octanol–water partition coefficient (Wildman–Crippen LogP) is 3.49. The highest BCUT2D eigenvalue weighted by Gasteiger charge is 2.20. The lowest BCUT2D eigenvalue weighted by atomic mass is 10.2. The highest BCUT2D eigenvalue weighted by Crippen LogP contribution is 2.43. The van der Waals surface area contributed by atoms with Crippen LogP contribution in [0, 0.1) is 5.92 Å². The van der Waals surface area contributed by atoms with E-state index < -0.39 is 8.60 Å². The molecule has 0 radical (unpaired) electrons. The Morgan fingerprint density at radius 1 is 1.21 bits per heavy atom. The Labute approximate surface area is 88.1 Å². The number of unbranched alkanes of at least 4 members (excludes halogenated alkanes) is 3. The van der Waals surface area contributed by atoms with Crippen LogP contribution in [0.4, 0.5) is 0 Å². The van der Waals surface area contributed by atoms with Crippen molar-refractivity contribution in [3.8, 4) is 0 Å². The topological polar surface area (TPSA) is 27.7 Å². The second-order valence-electron chi connectivity index (χ2n) is 3.81. The zero-order valence-electron chi connectivity index (χ0n) is 9.20. The summed E-state index contributed by atoms with van der Waals surface area (Å²) in [6.07, 6.45) is 4.92. The lowest BCUT2D eigenvalue weighted by Crippen LogP contribution is -2.17. The molecule has 1 fully saturated rings. The van der Waals surface area contributed by atoms with Gasteiger partial charge in [0.25, 0.3) is 0 Å². The minimum Gasteiger partial charge on any atom is -0.312 e. The first-order chi connectivity index (χ1) is 6.83. The number of rotatable bonds is 6. The predicted molar refractivity (Wildman–Crippen MR) is 58.1 cm³/mol. The molecule has 3 nitrogen and oxygen atoms in total. The van der Waals surface area contributed by atoms with Crippen molar-refractivity contribution in [1.82, 2.24) is 0 Å². The van der Waals surface area contributed by atoms with Crippen LogP contribution in [0.3, 0.4) is 0 Å². The lowest BCUT2D eigenvalue weighted by Gasteiger charge is -2.24. The van der Waals surface area contributed by atoms with E-state index in [4.69, 9.17) is 13.6 Å². The molecule has 1 rings (SSSR count). The van der Waals surface area contributed by atoms with Crippen LogP contribution in [0.2, 0.25) is 0 Å². The highest BCUT2D eigenvalue weighted by molar-refractivity contribution is 7.41. The van der Waals surface area contributed by atoms with Gasteiger partial charge in [-0.2, -0.15) is 0 Å². The van der Waals surface area contributed by atoms with Crippen molar-refractivity contribution in [3.05, 3.63) is 0 Å². The van der Waals surface area contributed by atoms with Crippen LogP contribution in [0.5, 0.6) is 0 Å². The summed E-state index contributed by atoms with van der Waals surface area (Å²) < 4.78 is 16.3. The SMILES string of the molecule is CCCCCCOP1OCC(C)CO1. The smallest absolute Gasteiger partial charge is 0.312 e. The molecule has 1 aliphatic rings. The summed E-state index contributed by atoms with van der Waals surface area (Å²) >= 11 is 0. The monoisotopic (exact) mass is 220 g/mol. The molecule has 0 amide bonds. The van der Waals surface area contributed by atoms with Gasteiger partial charge in [0.05, 0.1) is 19.8 Å². The van der Waals surface area contributed by atoms with E-state index in [-0.39, 0.29) is 0 Å². The van der Waals surface area contributed by atoms with E-state index in [0.717, 1.165) is 26.2 Å². The largest absolute Gasteiger partial charge is 0.332 e. The van der Waals surface area contributed by atoms with E-state index in [2.05, 4.69) is 13.8 Å². The van der Waals surface area contributed by atoms with Crippen molar-refractivity contribution in [2.75, 3.05) is 19.8 Å². The summed E-state index contributed by atoms with van der Waals surface area (Å²) in [5.41, 5.74) is 0. The molecule has 0 spiro atoms. The van der Waals surface area contributed by atoms with Gasteiger partial charge in [-0.1, -0.05) is 33.1 Å². The maximum Gasteiger partial charge on any atom is 0.332 e. The number of hydrogen-bond donors (Lipinski definition) is 0. The van der Waals surface area contributed by atoms with E-state index in [1.165, 1.54) is 19.3 Å². The van der Waals surface area contributed by atoms with Gasteiger partial charge < -0.3 is 13.6 Å². The molecule has 4 heteroatoms. The van der Waals surface area contributed by atoms with Crippen molar-refractivity contribution >= 4 is 8.60 Å². The summed E-state index contributed by atoms with van der Waals surface area (Å²) in [5.74, 6) is 0.512. The van der Waals surface area contributed by atoms with Crippen molar-refractivity contribution in [3.63, 3.8) is 0 Å². The van der Waals surface area contributed by atoms with Gasteiger partial charge in [0.1, 0.15) is 0 Å². The Bertz CT molecular complexity index is 135. The zero-order valence-corrected chi connectivity index (χ0v) is 10.1. The second kappa shape index (κ2) is 7.58. The Morgan fingerprint density at radius 3 is 2.57 bits per heavy atom. The quantitative estimate of drug-likeness (QED) is 0.506. The van der Waals surface area contributed by atoms with Crippen molar-refractivity contribution in [2.45, 2.75) is 39.5 Å². The van der Waals surface area contributed by atoms with Crippen molar-refractivity contribution < 1.29 is 13.6 Å². The lowest BCUT2D eigenvalue weighted by molar-refractivity contribution is 0.0786. The van der Waals surface area contributed by atoms with Gasteiger partial charge in [0, 0.05) is 5.92 Å². The Kier molecular flexibility index (Phi) is 6.70. The van der Waals surface area contributed by atoms with Crippen LogP contribution in [0.15, 0.2) is 0 Å². The molecule has 0 unspecified atom stereocenters. The highest BCUT2D eigenvalue weighted by atomic mass is 31.2. The first kappa shape index (κ1) is 12.4. The van der Waals surface area contributed by atoms with Crippen molar-refractivity contribution in [1.29, 1.82) is 0 Å². The van der Waals surface area contributed by atoms with Crippen LogP contribution >= 0.6 is 8.60 Å². The molecule has 1 saturated heterocycles. The molecule has 0 aromatic carbocycles. The van der Waals surface area contributed by atoms with E-state index >= 15 is 0 Å². The van der Waals surface area contributed by atoms with Gasteiger partial charge in [-0.25, -0.2) is 0 Å². The number of hydrogen-bond acceptors (Lipinski definition) is 3. The molecule has 0 saturated carbocycles. The average molecular weight is 220 g/mol. The molecule has 1 aliphatic heterocycles. The van der Waals surface area contributed by atoms with E-state index in [1.807, 2.05) is 0 Å². The Hall–Kier alpha value is 0.310. The summed E-state index contributed by atoms with van der Waals surface area (Å²) in [6, 6.07) is 0. The molecule has 0 aliphatic carbocycles. The van der Waals surface area contributed by atoms with E-state index in [0.29, 0.717) is 5.92 Å². The molecule has 0 atom stereocenters. The van der Waals surface area contributed by atoms with Gasteiger partial charge in [-0.05, 0) is 6.42 Å². The van der Waals surface area contributed by atoms with Gasteiger partial charge in [-0.15, -0.1) is 0 Å². The van der Waals surface area contributed by atoms with E-state index in [9.17, 15) is 0 Å². The summed E-state index contributed by atoms with van der Waals surface area (Å²) in [5, 5.41) is 0. The van der Waals surface area contributed by atoms with Gasteiger partial charge in [0.15, 0.2) is 0 Å². The maximum atomic E-state index is 5.50. The third kappa shape index (κ3) is 5.26. The fourth-order valence-corrected chi connectivity index (χ4v) is 2.46. The van der Waals surface area contributed by atoms with Gasteiger partial charge in [0.2, 0.25) is 0 Å². The molecular weight excluding hydrogens is 199 g/mol. The summed E-state index contributed by atoms with van der Waals surface area (Å²) in [6.45, 7) is 6.66. The van der Waals surface area contributed by atoms with Crippen LogP contribution in [-0.2, 0) is 13.6 Å². The molecule has 14 heavy (non-hydrogen) atoms. The van der Waals surface area contributed by atoms with Crippen LogP contribution in [0.25, 0.3) is 0 Å². The van der Waals surface area contributed by atoms with Crippen LogP contribution < -0.4 is 0 Å². The maximum absolute atomic E-state index is 5.50.